The molecule has 3 fully saturated rings. The lowest BCUT2D eigenvalue weighted by Gasteiger charge is -2.35. The number of rotatable bonds is 6. The van der Waals surface area contributed by atoms with Crippen LogP contribution in [0.1, 0.15) is 56.1 Å². The number of aromatic nitrogens is 3. The Labute approximate surface area is 145 Å². The average molecular weight is 333 g/mol. The second-order valence-corrected chi connectivity index (χ2v) is 7.93. The molecule has 0 N–H and O–H groups in total. The van der Waals surface area contributed by atoms with Crippen LogP contribution in [0.3, 0.4) is 0 Å². The second-order valence-electron chi connectivity index (χ2n) is 7.93. The highest BCUT2D eigenvalue weighted by Gasteiger charge is 2.38. The first-order valence-corrected chi connectivity index (χ1v) is 9.52. The molecule has 24 heavy (non-hydrogen) atoms. The number of nitrogens with zero attached hydrogens (tertiary/aromatic N) is 5. The minimum absolute atomic E-state index is 0.427. The monoisotopic (exact) mass is 333 g/mol. The van der Waals surface area contributed by atoms with E-state index in [1.807, 2.05) is 7.11 Å². The van der Waals surface area contributed by atoms with E-state index in [2.05, 4.69) is 38.7 Å². The summed E-state index contributed by atoms with van der Waals surface area (Å²) in [5.41, 5.74) is 0. The molecular formula is C18H31N5O. The van der Waals surface area contributed by atoms with Gasteiger partial charge in [-0.15, -0.1) is 10.2 Å². The van der Waals surface area contributed by atoms with Crippen LogP contribution < -0.4 is 0 Å². The van der Waals surface area contributed by atoms with Crippen LogP contribution in [0.2, 0.25) is 0 Å². The summed E-state index contributed by atoms with van der Waals surface area (Å²) < 4.78 is 7.79. The van der Waals surface area contributed by atoms with Gasteiger partial charge in [-0.1, -0.05) is 6.42 Å². The zero-order valence-electron chi connectivity index (χ0n) is 15.3. The third-order valence-electron chi connectivity index (χ3n) is 6.32. The van der Waals surface area contributed by atoms with Crippen molar-refractivity contribution in [3.05, 3.63) is 11.6 Å². The Balaban J connectivity index is 1.40. The van der Waals surface area contributed by atoms with E-state index >= 15 is 0 Å². The number of hydrogen-bond donors (Lipinski definition) is 0. The summed E-state index contributed by atoms with van der Waals surface area (Å²) in [7, 11) is 6.24. The Morgan fingerprint density at radius 3 is 2.71 bits per heavy atom. The number of methoxy groups -OCH3 is 1. The molecule has 0 spiro atoms. The van der Waals surface area contributed by atoms with Crippen LogP contribution in [0.4, 0.5) is 0 Å². The fourth-order valence-corrected chi connectivity index (χ4v) is 4.66. The van der Waals surface area contributed by atoms with Gasteiger partial charge in [0, 0.05) is 45.2 Å². The molecule has 1 aliphatic heterocycles. The van der Waals surface area contributed by atoms with Crippen molar-refractivity contribution in [3.63, 3.8) is 0 Å². The largest absolute Gasteiger partial charge is 0.380 e. The van der Waals surface area contributed by atoms with Gasteiger partial charge in [-0.25, -0.2) is 0 Å². The molecular weight excluding hydrogens is 302 g/mol. The van der Waals surface area contributed by atoms with Crippen molar-refractivity contribution in [2.24, 2.45) is 7.05 Å². The quantitative estimate of drug-likeness (QED) is 0.794. The van der Waals surface area contributed by atoms with Gasteiger partial charge in [-0.3, -0.25) is 9.80 Å². The highest BCUT2D eigenvalue weighted by molar-refractivity contribution is 5.08. The van der Waals surface area contributed by atoms with Gasteiger partial charge >= 0.3 is 0 Å². The normalized spacial score (nSPS) is 31.4. The van der Waals surface area contributed by atoms with Crippen LogP contribution >= 0.6 is 0 Å². The zero-order valence-corrected chi connectivity index (χ0v) is 15.3. The van der Waals surface area contributed by atoms with Gasteiger partial charge < -0.3 is 9.30 Å². The molecule has 3 atom stereocenters. The lowest BCUT2D eigenvalue weighted by atomic mass is 10.1. The summed E-state index contributed by atoms with van der Waals surface area (Å²) in [6.07, 6.45) is 8.11. The van der Waals surface area contributed by atoms with Gasteiger partial charge in [0.25, 0.3) is 0 Å². The molecule has 2 aliphatic carbocycles. The lowest BCUT2D eigenvalue weighted by molar-refractivity contribution is 0.0833. The van der Waals surface area contributed by atoms with E-state index in [0.29, 0.717) is 24.1 Å². The predicted octanol–water partition coefficient (Wildman–Crippen LogP) is 1.77. The minimum atomic E-state index is 0.427. The summed E-state index contributed by atoms with van der Waals surface area (Å²) in [4.78, 5) is 5.17. The van der Waals surface area contributed by atoms with E-state index < -0.39 is 0 Å². The summed E-state index contributed by atoms with van der Waals surface area (Å²) in [6.45, 7) is 3.18. The highest BCUT2D eigenvalue weighted by Crippen LogP contribution is 2.39. The Hall–Kier alpha value is -0.980. The Morgan fingerprint density at radius 1 is 1.17 bits per heavy atom. The van der Waals surface area contributed by atoms with E-state index in [0.717, 1.165) is 18.9 Å². The van der Waals surface area contributed by atoms with Crippen LogP contribution in [0.5, 0.6) is 0 Å². The Kier molecular flexibility index (Phi) is 4.62. The molecule has 0 bridgehead atoms. The molecule has 2 heterocycles. The van der Waals surface area contributed by atoms with Crippen LogP contribution in [-0.4, -0.2) is 70.0 Å². The topological polar surface area (TPSA) is 46.4 Å². The fourth-order valence-electron chi connectivity index (χ4n) is 4.66. The van der Waals surface area contributed by atoms with E-state index in [1.54, 1.807) is 0 Å². The van der Waals surface area contributed by atoms with Gasteiger partial charge in [0.2, 0.25) is 0 Å². The average Bonchev–Trinajstić information content (AvgIpc) is 3.01. The van der Waals surface area contributed by atoms with Crippen LogP contribution in [0.15, 0.2) is 0 Å². The molecule has 2 saturated carbocycles. The minimum Gasteiger partial charge on any atom is -0.380 e. The van der Waals surface area contributed by atoms with Crippen molar-refractivity contribution in [2.75, 3.05) is 27.2 Å². The third kappa shape index (κ3) is 3.11. The van der Waals surface area contributed by atoms with Gasteiger partial charge in [0.05, 0.1) is 12.6 Å². The number of hydrogen-bond acceptors (Lipinski definition) is 5. The van der Waals surface area contributed by atoms with E-state index in [4.69, 9.17) is 4.74 Å². The van der Waals surface area contributed by atoms with Crippen LogP contribution in [0, 0.1) is 0 Å². The van der Waals surface area contributed by atoms with E-state index in [-0.39, 0.29) is 0 Å². The molecule has 1 unspecified atom stereocenters. The first kappa shape index (κ1) is 16.5. The first-order chi connectivity index (χ1) is 11.7. The zero-order chi connectivity index (χ0) is 16.7. The van der Waals surface area contributed by atoms with Crippen molar-refractivity contribution < 1.29 is 4.74 Å². The van der Waals surface area contributed by atoms with Gasteiger partial charge in [0.1, 0.15) is 11.6 Å². The molecule has 4 rings (SSSR count). The molecule has 0 aromatic carbocycles. The number of ether oxygens (including phenoxy) is 1. The molecule has 1 aromatic heterocycles. The molecule has 6 heteroatoms. The second kappa shape index (κ2) is 6.73. The number of likely N-dealkylation sites (tertiary alicyclic amines) is 1. The molecule has 1 saturated heterocycles. The maximum absolute atomic E-state index is 5.56. The van der Waals surface area contributed by atoms with Crippen molar-refractivity contribution in [1.29, 1.82) is 0 Å². The summed E-state index contributed by atoms with van der Waals surface area (Å²) in [5.74, 6) is 2.96. The van der Waals surface area contributed by atoms with Crippen LogP contribution in [-0.2, 0) is 18.3 Å². The van der Waals surface area contributed by atoms with Crippen molar-refractivity contribution in [3.8, 4) is 0 Å². The molecule has 3 aliphatic rings. The van der Waals surface area contributed by atoms with Gasteiger partial charge in [-0.2, -0.15) is 0 Å². The van der Waals surface area contributed by atoms with E-state index in [1.165, 1.54) is 50.9 Å². The SMILES string of the molecule is COC1CCN([C@H]2CCC[C@H]2N(C)Cc2nnc(C3CC3)n2C)C1. The van der Waals surface area contributed by atoms with Gasteiger partial charge in [-0.05, 0) is 39.2 Å². The summed E-state index contributed by atoms with van der Waals surface area (Å²) in [5, 5.41) is 8.91. The highest BCUT2D eigenvalue weighted by atomic mass is 16.5. The Morgan fingerprint density at radius 2 is 2.00 bits per heavy atom. The first-order valence-electron chi connectivity index (χ1n) is 9.52. The van der Waals surface area contributed by atoms with Crippen molar-refractivity contribution in [2.45, 2.75) is 69.2 Å². The van der Waals surface area contributed by atoms with Crippen molar-refractivity contribution in [1.82, 2.24) is 24.6 Å². The summed E-state index contributed by atoms with van der Waals surface area (Å²) >= 11 is 0. The summed E-state index contributed by atoms with van der Waals surface area (Å²) in [6, 6.07) is 1.30. The van der Waals surface area contributed by atoms with Crippen LogP contribution in [0.25, 0.3) is 0 Å². The van der Waals surface area contributed by atoms with Crippen molar-refractivity contribution >= 4 is 0 Å². The predicted molar refractivity (Wildman–Crippen MR) is 92.9 cm³/mol. The molecule has 0 radical (unpaired) electrons. The van der Waals surface area contributed by atoms with E-state index in [9.17, 15) is 0 Å². The molecule has 0 amide bonds. The fraction of sp³-hybridized carbons (Fsp3) is 0.889. The maximum atomic E-state index is 5.56. The number of likely N-dealkylation sites (N-methyl/N-ethyl adjacent to an activating group) is 1. The Bertz CT molecular complexity index is 570. The standard InChI is InChI=1S/C18H31N5O/c1-21(12-17-19-20-18(22(17)2)13-7-8-13)15-5-4-6-16(15)23-10-9-14(11-23)24-3/h13-16H,4-12H2,1-3H3/t14?,15-,16+/m1/s1. The molecule has 6 nitrogen and oxygen atoms in total. The molecule has 134 valence electrons. The third-order valence-corrected chi connectivity index (χ3v) is 6.32. The smallest absolute Gasteiger partial charge is 0.146 e. The van der Waals surface area contributed by atoms with Gasteiger partial charge in [0.15, 0.2) is 0 Å². The molecule has 1 aromatic rings. The maximum Gasteiger partial charge on any atom is 0.146 e. The lowest BCUT2D eigenvalue weighted by Crippen LogP contribution is -2.47.